The number of halogens is 1. The standard InChI is InChI=1S/C9H15ClO/c1-3-4-5-6-9(7-11)8(2)10/h7H,3-6H2,1-2H3/b9-8-. The van der Waals surface area contributed by atoms with Crippen LogP contribution in [-0.4, -0.2) is 6.29 Å². The maximum Gasteiger partial charge on any atom is 0.147 e. The summed E-state index contributed by atoms with van der Waals surface area (Å²) in [5, 5.41) is 0.635. The summed E-state index contributed by atoms with van der Waals surface area (Å²) >= 11 is 5.67. The van der Waals surface area contributed by atoms with Gasteiger partial charge in [-0.2, -0.15) is 0 Å². The largest absolute Gasteiger partial charge is 0.298 e. The van der Waals surface area contributed by atoms with E-state index in [9.17, 15) is 4.79 Å². The minimum absolute atomic E-state index is 0.635. The van der Waals surface area contributed by atoms with Crippen LogP contribution in [0.15, 0.2) is 10.6 Å². The smallest absolute Gasteiger partial charge is 0.147 e. The Morgan fingerprint density at radius 1 is 1.45 bits per heavy atom. The summed E-state index contributed by atoms with van der Waals surface area (Å²) in [6.07, 6.45) is 5.09. The summed E-state index contributed by atoms with van der Waals surface area (Å²) in [6, 6.07) is 0. The van der Waals surface area contributed by atoms with Gasteiger partial charge in [-0.1, -0.05) is 31.4 Å². The Morgan fingerprint density at radius 2 is 2.09 bits per heavy atom. The molecule has 0 N–H and O–H groups in total. The van der Waals surface area contributed by atoms with E-state index < -0.39 is 0 Å². The number of allylic oxidation sites excluding steroid dienone is 2. The predicted molar refractivity (Wildman–Crippen MR) is 48.8 cm³/mol. The second-order valence-electron chi connectivity index (χ2n) is 2.63. The second kappa shape index (κ2) is 6.41. The molecule has 0 aromatic carbocycles. The summed E-state index contributed by atoms with van der Waals surface area (Å²) < 4.78 is 0. The van der Waals surface area contributed by atoms with Crippen LogP contribution in [0.4, 0.5) is 0 Å². The van der Waals surface area contributed by atoms with E-state index in [0.717, 1.165) is 24.7 Å². The van der Waals surface area contributed by atoms with Crippen LogP contribution < -0.4 is 0 Å². The number of unbranched alkanes of at least 4 members (excludes halogenated alkanes) is 2. The molecule has 0 aliphatic heterocycles. The predicted octanol–water partition coefficient (Wildman–Crippen LogP) is 3.28. The molecule has 0 spiro atoms. The topological polar surface area (TPSA) is 17.1 Å². The highest BCUT2D eigenvalue weighted by Crippen LogP contribution is 2.13. The minimum atomic E-state index is 0.635. The van der Waals surface area contributed by atoms with Gasteiger partial charge in [0.2, 0.25) is 0 Å². The zero-order chi connectivity index (χ0) is 8.69. The highest BCUT2D eigenvalue weighted by atomic mass is 35.5. The van der Waals surface area contributed by atoms with Gasteiger partial charge in [0, 0.05) is 10.6 Å². The van der Waals surface area contributed by atoms with Crippen LogP contribution in [0.2, 0.25) is 0 Å². The molecule has 0 fully saturated rings. The molecule has 0 bridgehead atoms. The van der Waals surface area contributed by atoms with E-state index in [0.29, 0.717) is 5.03 Å². The Bertz CT molecular complexity index is 146. The lowest BCUT2D eigenvalue weighted by Crippen LogP contribution is -1.87. The summed E-state index contributed by atoms with van der Waals surface area (Å²) in [7, 11) is 0. The SMILES string of the molecule is CCCCC/C(C=O)=C(\C)Cl. The minimum Gasteiger partial charge on any atom is -0.298 e. The van der Waals surface area contributed by atoms with Crippen molar-refractivity contribution in [3.8, 4) is 0 Å². The van der Waals surface area contributed by atoms with Gasteiger partial charge >= 0.3 is 0 Å². The van der Waals surface area contributed by atoms with Crippen molar-refractivity contribution in [2.24, 2.45) is 0 Å². The molecule has 0 aliphatic carbocycles. The van der Waals surface area contributed by atoms with Gasteiger partial charge in [-0.05, 0) is 19.8 Å². The van der Waals surface area contributed by atoms with Gasteiger partial charge in [0.15, 0.2) is 0 Å². The summed E-state index contributed by atoms with van der Waals surface area (Å²) in [5.41, 5.74) is 0.750. The lowest BCUT2D eigenvalue weighted by molar-refractivity contribution is -0.105. The van der Waals surface area contributed by atoms with E-state index in [1.807, 2.05) is 0 Å². The first-order chi connectivity index (χ1) is 5.22. The van der Waals surface area contributed by atoms with Crippen molar-refractivity contribution in [3.05, 3.63) is 10.6 Å². The first-order valence-corrected chi connectivity index (χ1v) is 4.40. The quantitative estimate of drug-likeness (QED) is 0.355. The molecule has 0 rings (SSSR count). The van der Waals surface area contributed by atoms with Crippen molar-refractivity contribution in [2.45, 2.75) is 39.5 Å². The summed E-state index contributed by atoms with van der Waals surface area (Å²) in [6.45, 7) is 3.90. The molecule has 0 saturated carbocycles. The van der Waals surface area contributed by atoms with Gasteiger partial charge in [0.1, 0.15) is 6.29 Å². The maximum absolute atomic E-state index is 10.4. The Kier molecular flexibility index (Phi) is 6.24. The van der Waals surface area contributed by atoms with Gasteiger partial charge in [-0.25, -0.2) is 0 Å². The molecule has 11 heavy (non-hydrogen) atoms. The molecular weight excluding hydrogens is 160 g/mol. The van der Waals surface area contributed by atoms with Gasteiger partial charge in [0.05, 0.1) is 0 Å². The molecule has 2 heteroatoms. The Hall–Kier alpha value is -0.300. The number of hydrogen-bond donors (Lipinski definition) is 0. The first-order valence-electron chi connectivity index (χ1n) is 4.02. The molecule has 0 amide bonds. The molecule has 0 aromatic heterocycles. The fourth-order valence-electron chi connectivity index (χ4n) is 0.878. The lowest BCUT2D eigenvalue weighted by Gasteiger charge is -1.99. The van der Waals surface area contributed by atoms with Gasteiger partial charge in [-0.15, -0.1) is 0 Å². The van der Waals surface area contributed by atoms with Crippen molar-refractivity contribution >= 4 is 17.9 Å². The molecule has 0 atom stereocenters. The van der Waals surface area contributed by atoms with Gasteiger partial charge in [0.25, 0.3) is 0 Å². The lowest BCUT2D eigenvalue weighted by atomic mass is 10.1. The van der Waals surface area contributed by atoms with Crippen molar-refractivity contribution in [1.29, 1.82) is 0 Å². The highest BCUT2D eigenvalue weighted by molar-refractivity contribution is 6.30. The van der Waals surface area contributed by atoms with Gasteiger partial charge in [-0.3, -0.25) is 4.79 Å². The van der Waals surface area contributed by atoms with E-state index in [-0.39, 0.29) is 0 Å². The van der Waals surface area contributed by atoms with Gasteiger partial charge < -0.3 is 0 Å². The molecule has 0 saturated heterocycles. The van der Waals surface area contributed by atoms with Crippen molar-refractivity contribution in [3.63, 3.8) is 0 Å². The van der Waals surface area contributed by atoms with E-state index in [4.69, 9.17) is 11.6 Å². The Morgan fingerprint density at radius 3 is 2.45 bits per heavy atom. The van der Waals surface area contributed by atoms with E-state index >= 15 is 0 Å². The third-order valence-electron chi connectivity index (χ3n) is 1.63. The van der Waals surface area contributed by atoms with Crippen molar-refractivity contribution < 1.29 is 4.79 Å². The van der Waals surface area contributed by atoms with E-state index in [1.165, 1.54) is 12.8 Å². The molecule has 0 radical (unpaired) electrons. The van der Waals surface area contributed by atoms with Crippen LogP contribution in [-0.2, 0) is 4.79 Å². The molecule has 0 aliphatic rings. The van der Waals surface area contributed by atoms with E-state index in [1.54, 1.807) is 6.92 Å². The number of rotatable bonds is 5. The number of hydrogen-bond acceptors (Lipinski definition) is 1. The molecule has 1 nitrogen and oxygen atoms in total. The monoisotopic (exact) mass is 174 g/mol. The van der Waals surface area contributed by atoms with E-state index in [2.05, 4.69) is 6.92 Å². The first kappa shape index (κ1) is 10.7. The van der Waals surface area contributed by atoms with Crippen LogP contribution >= 0.6 is 11.6 Å². The second-order valence-corrected chi connectivity index (χ2v) is 3.20. The third kappa shape index (κ3) is 5.02. The van der Waals surface area contributed by atoms with Crippen LogP contribution in [0.25, 0.3) is 0 Å². The molecular formula is C9H15ClO. The number of aldehydes is 1. The molecule has 0 unspecified atom stereocenters. The fourth-order valence-corrected chi connectivity index (χ4v) is 1.02. The van der Waals surface area contributed by atoms with Crippen molar-refractivity contribution in [1.82, 2.24) is 0 Å². The highest BCUT2D eigenvalue weighted by Gasteiger charge is 1.98. The Balaban J connectivity index is 3.72. The van der Waals surface area contributed by atoms with Crippen LogP contribution in [0.5, 0.6) is 0 Å². The number of carbonyl (C=O) groups is 1. The molecule has 0 heterocycles. The normalized spacial score (nSPS) is 12.6. The van der Waals surface area contributed by atoms with Crippen LogP contribution in [0, 0.1) is 0 Å². The average molecular weight is 175 g/mol. The summed E-state index contributed by atoms with van der Waals surface area (Å²) in [5.74, 6) is 0. The van der Waals surface area contributed by atoms with Crippen LogP contribution in [0.1, 0.15) is 39.5 Å². The zero-order valence-electron chi connectivity index (χ0n) is 7.19. The molecule has 0 aromatic rings. The summed E-state index contributed by atoms with van der Waals surface area (Å²) in [4.78, 5) is 10.4. The van der Waals surface area contributed by atoms with Crippen LogP contribution in [0.3, 0.4) is 0 Å². The van der Waals surface area contributed by atoms with Crippen molar-refractivity contribution in [2.75, 3.05) is 0 Å². The Labute approximate surface area is 73.4 Å². The third-order valence-corrected chi connectivity index (χ3v) is 1.88. The average Bonchev–Trinajstić information content (AvgIpc) is 1.97. The number of carbonyl (C=O) groups excluding carboxylic acids is 1. The molecule has 64 valence electrons. The fraction of sp³-hybridized carbons (Fsp3) is 0.667. The maximum atomic E-state index is 10.4. The zero-order valence-corrected chi connectivity index (χ0v) is 7.95.